The number of hydrogen-bond acceptors (Lipinski definition) is 2. The van der Waals surface area contributed by atoms with Crippen molar-refractivity contribution in [1.29, 1.82) is 0 Å². The molecule has 2 amide bonds. The Morgan fingerprint density at radius 2 is 1.76 bits per heavy atom. The van der Waals surface area contributed by atoms with E-state index in [9.17, 15) is 4.79 Å². The van der Waals surface area contributed by atoms with Gasteiger partial charge in [-0.05, 0) is 56.7 Å². The highest BCUT2D eigenvalue weighted by atomic mass is 16.5. The van der Waals surface area contributed by atoms with Gasteiger partial charge in [-0.1, -0.05) is 17.7 Å². The van der Waals surface area contributed by atoms with E-state index in [0.717, 1.165) is 22.7 Å². The number of anilines is 2. The van der Waals surface area contributed by atoms with Crippen molar-refractivity contribution in [3.63, 3.8) is 0 Å². The predicted octanol–water partition coefficient (Wildman–Crippen LogP) is 4.35. The van der Waals surface area contributed by atoms with Crippen LogP contribution in [-0.2, 0) is 0 Å². The van der Waals surface area contributed by atoms with Gasteiger partial charge in [-0.2, -0.15) is 0 Å². The standard InChI is InChI=1S/C17H20N2O2/c1-4-21-15-8-6-14(7-9-15)18-17(20)19-16-10-5-12(2)11-13(16)3/h5-11H,4H2,1-3H3,(H2,18,19,20). The molecule has 0 saturated carbocycles. The molecule has 0 heterocycles. The minimum Gasteiger partial charge on any atom is -0.494 e. The number of aryl methyl sites for hydroxylation is 2. The molecule has 0 unspecified atom stereocenters. The van der Waals surface area contributed by atoms with E-state index in [4.69, 9.17) is 4.74 Å². The number of carbonyl (C=O) groups excluding carboxylic acids is 1. The molecular formula is C17H20N2O2. The maximum Gasteiger partial charge on any atom is 0.323 e. The zero-order valence-electron chi connectivity index (χ0n) is 12.6. The topological polar surface area (TPSA) is 50.4 Å². The van der Waals surface area contributed by atoms with Crippen molar-refractivity contribution in [2.45, 2.75) is 20.8 Å². The summed E-state index contributed by atoms with van der Waals surface area (Å²) < 4.78 is 5.36. The second-order valence-electron chi connectivity index (χ2n) is 4.85. The molecule has 0 bridgehead atoms. The van der Waals surface area contributed by atoms with Crippen LogP contribution in [0.1, 0.15) is 18.1 Å². The van der Waals surface area contributed by atoms with Gasteiger partial charge in [0.15, 0.2) is 0 Å². The summed E-state index contributed by atoms with van der Waals surface area (Å²) >= 11 is 0. The van der Waals surface area contributed by atoms with Gasteiger partial charge in [0.05, 0.1) is 6.61 Å². The van der Waals surface area contributed by atoms with Gasteiger partial charge in [-0.15, -0.1) is 0 Å². The largest absolute Gasteiger partial charge is 0.494 e. The molecule has 4 nitrogen and oxygen atoms in total. The quantitative estimate of drug-likeness (QED) is 0.877. The van der Waals surface area contributed by atoms with Crippen molar-refractivity contribution in [2.75, 3.05) is 17.2 Å². The fraction of sp³-hybridized carbons (Fsp3) is 0.235. The first kappa shape index (κ1) is 14.9. The third-order valence-corrected chi connectivity index (χ3v) is 3.05. The minimum atomic E-state index is -0.258. The van der Waals surface area contributed by atoms with E-state index in [0.29, 0.717) is 6.61 Å². The van der Waals surface area contributed by atoms with Gasteiger partial charge in [-0.3, -0.25) is 0 Å². The molecule has 0 aliphatic carbocycles. The molecule has 0 saturated heterocycles. The summed E-state index contributed by atoms with van der Waals surface area (Å²) in [6, 6.07) is 12.9. The molecule has 0 aliphatic rings. The Morgan fingerprint density at radius 3 is 2.38 bits per heavy atom. The first-order valence-electron chi connectivity index (χ1n) is 6.96. The molecule has 0 spiro atoms. The Labute approximate surface area is 125 Å². The molecule has 0 aromatic heterocycles. The molecule has 110 valence electrons. The van der Waals surface area contributed by atoms with Gasteiger partial charge >= 0.3 is 6.03 Å². The lowest BCUT2D eigenvalue weighted by Crippen LogP contribution is -2.19. The van der Waals surface area contributed by atoms with Crippen molar-refractivity contribution in [2.24, 2.45) is 0 Å². The van der Waals surface area contributed by atoms with Gasteiger partial charge in [-0.25, -0.2) is 4.79 Å². The highest BCUT2D eigenvalue weighted by Crippen LogP contribution is 2.18. The van der Waals surface area contributed by atoms with Crippen LogP contribution in [0.15, 0.2) is 42.5 Å². The highest BCUT2D eigenvalue weighted by molar-refractivity contribution is 6.00. The lowest BCUT2D eigenvalue weighted by Gasteiger charge is -2.11. The van der Waals surface area contributed by atoms with E-state index in [2.05, 4.69) is 10.6 Å². The number of hydrogen-bond donors (Lipinski definition) is 2. The number of carbonyl (C=O) groups is 1. The second kappa shape index (κ2) is 6.79. The fourth-order valence-electron chi connectivity index (χ4n) is 2.04. The normalized spacial score (nSPS) is 10.0. The number of rotatable bonds is 4. The molecule has 0 fully saturated rings. The molecule has 2 aromatic rings. The molecule has 2 rings (SSSR count). The zero-order chi connectivity index (χ0) is 15.2. The molecule has 21 heavy (non-hydrogen) atoms. The number of ether oxygens (including phenoxy) is 1. The van der Waals surface area contributed by atoms with E-state index in [1.807, 2.05) is 63.2 Å². The van der Waals surface area contributed by atoms with Gasteiger partial charge in [0.1, 0.15) is 5.75 Å². The highest BCUT2D eigenvalue weighted by Gasteiger charge is 2.05. The Morgan fingerprint density at radius 1 is 1.05 bits per heavy atom. The third-order valence-electron chi connectivity index (χ3n) is 3.05. The molecule has 2 N–H and O–H groups in total. The number of nitrogens with one attached hydrogen (secondary N) is 2. The average Bonchev–Trinajstić information content (AvgIpc) is 2.44. The molecule has 4 heteroatoms. The monoisotopic (exact) mass is 284 g/mol. The van der Waals surface area contributed by atoms with Crippen LogP contribution in [0.4, 0.5) is 16.2 Å². The molecule has 0 atom stereocenters. The fourth-order valence-corrected chi connectivity index (χ4v) is 2.04. The Hall–Kier alpha value is -2.49. The number of benzene rings is 2. The Balaban J connectivity index is 1.98. The van der Waals surface area contributed by atoms with Crippen LogP contribution in [0.25, 0.3) is 0 Å². The number of urea groups is 1. The van der Waals surface area contributed by atoms with E-state index in [1.165, 1.54) is 5.56 Å². The van der Waals surface area contributed by atoms with Crippen LogP contribution in [-0.4, -0.2) is 12.6 Å². The van der Waals surface area contributed by atoms with Gasteiger partial charge in [0.25, 0.3) is 0 Å². The van der Waals surface area contributed by atoms with E-state index >= 15 is 0 Å². The minimum absolute atomic E-state index is 0.258. The maximum absolute atomic E-state index is 12.0. The van der Waals surface area contributed by atoms with E-state index in [-0.39, 0.29) is 6.03 Å². The van der Waals surface area contributed by atoms with Crippen LogP contribution in [0.3, 0.4) is 0 Å². The summed E-state index contributed by atoms with van der Waals surface area (Å²) in [5, 5.41) is 5.64. The summed E-state index contributed by atoms with van der Waals surface area (Å²) in [6.45, 7) is 6.56. The second-order valence-corrected chi connectivity index (χ2v) is 4.85. The summed E-state index contributed by atoms with van der Waals surface area (Å²) in [5.74, 6) is 0.790. The zero-order valence-corrected chi connectivity index (χ0v) is 12.6. The van der Waals surface area contributed by atoms with E-state index in [1.54, 1.807) is 0 Å². The van der Waals surface area contributed by atoms with Crippen molar-refractivity contribution in [1.82, 2.24) is 0 Å². The molecule has 0 radical (unpaired) electrons. The maximum atomic E-state index is 12.0. The van der Waals surface area contributed by atoms with Gasteiger partial charge in [0, 0.05) is 11.4 Å². The van der Waals surface area contributed by atoms with Crippen LogP contribution in [0.5, 0.6) is 5.75 Å². The Bertz CT molecular complexity index is 621. The van der Waals surface area contributed by atoms with Crippen LogP contribution >= 0.6 is 0 Å². The first-order chi connectivity index (χ1) is 10.1. The summed E-state index contributed by atoms with van der Waals surface area (Å²) in [4.78, 5) is 12.0. The summed E-state index contributed by atoms with van der Waals surface area (Å²) in [7, 11) is 0. The summed E-state index contributed by atoms with van der Waals surface area (Å²) in [5.41, 5.74) is 3.74. The number of amides is 2. The Kier molecular flexibility index (Phi) is 4.82. The predicted molar refractivity (Wildman–Crippen MR) is 86.2 cm³/mol. The first-order valence-corrected chi connectivity index (χ1v) is 6.96. The van der Waals surface area contributed by atoms with E-state index < -0.39 is 0 Å². The molecule has 0 aliphatic heterocycles. The lowest BCUT2D eigenvalue weighted by molar-refractivity contribution is 0.262. The molecular weight excluding hydrogens is 264 g/mol. The van der Waals surface area contributed by atoms with Gasteiger partial charge in [0.2, 0.25) is 0 Å². The SMILES string of the molecule is CCOc1ccc(NC(=O)Nc2ccc(C)cc2C)cc1. The van der Waals surface area contributed by atoms with Crippen LogP contribution < -0.4 is 15.4 Å². The summed E-state index contributed by atoms with van der Waals surface area (Å²) in [6.07, 6.45) is 0. The van der Waals surface area contributed by atoms with Gasteiger partial charge < -0.3 is 15.4 Å². The lowest BCUT2D eigenvalue weighted by atomic mass is 10.1. The van der Waals surface area contributed by atoms with Crippen molar-refractivity contribution < 1.29 is 9.53 Å². The van der Waals surface area contributed by atoms with Crippen LogP contribution in [0.2, 0.25) is 0 Å². The van der Waals surface area contributed by atoms with Crippen molar-refractivity contribution >= 4 is 17.4 Å². The third kappa shape index (κ3) is 4.24. The average molecular weight is 284 g/mol. The van der Waals surface area contributed by atoms with Crippen molar-refractivity contribution in [3.05, 3.63) is 53.6 Å². The smallest absolute Gasteiger partial charge is 0.323 e. The van der Waals surface area contributed by atoms with Crippen LogP contribution in [0, 0.1) is 13.8 Å². The molecule has 2 aromatic carbocycles. The van der Waals surface area contributed by atoms with Crippen molar-refractivity contribution in [3.8, 4) is 5.75 Å².